The predicted molar refractivity (Wildman–Crippen MR) is 77.2 cm³/mol. The molecule has 0 spiro atoms. The average Bonchev–Trinajstić information content (AvgIpc) is 2.39. The second-order valence-electron chi connectivity index (χ2n) is 3.98. The Labute approximate surface area is 120 Å². The van der Waals surface area contributed by atoms with Gasteiger partial charge in [0, 0.05) is 17.3 Å². The third-order valence-electron chi connectivity index (χ3n) is 2.61. The minimum atomic E-state index is -1.04. The largest absolute Gasteiger partial charge is 0.478 e. The molecule has 0 unspecified atom stereocenters. The minimum absolute atomic E-state index is 0.0859. The van der Waals surface area contributed by atoms with E-state index in [4.69, 9.17) is 28.3 Å². The maximum Gasteiger partial charge on any atom is 0.337 e. The monoisotopic (exact) mass is 295 g/mol. The minimum Gasteiger partial charge on any atom is -0.478 e. The van der Waals surface area contributed by atoms with Crippen molar-refractivity contribution in [3.05, 3.63) is 63.6 Å². The van der Waals surface area contributed by atoms with Gasteiger partial charge < -0.3 is 10.4 Å². The standard InChI is InChI=1S/C14H11Cl2NO2/c15-10-3-1-9(2-4-10)8-17-11-5-6-13(16)12(7-11)14(18)19/h1-7,17H,8H2,(H,18,19). The molecule has 3 nitrogen and oxygen atoms in total. The first-order valence-corrected chi connectivity index (χ1v) is 6.33. The van der Waals surface area contributed by atoms with Gasteiger partial charge in [-0.3, -0.25) is 0 Å². The molecule has 0 radical (unpaired) electrons. The lowest BCUT2D eigenvalue weighted by Crippen LogP contribution is -2.02. The summed E-state index contributed by atoms with van der Waals surface area (Å²) < 4.78 is 0. The van der Waals surface area contributed by atoms with Crippen LogP contribution in [0.4, 0.5) is 5.69 Å². The number of aromatic carboxylic acids is 1. The first kappa shape index (κ1) is 13.7. The Hall–Kier alpha value is -1.71. The topological polar surface area (TPSA) is 49.3 Å². The zero-order valence-electron chi connectivity index (χ0n) is 9.86. The van der Waals surface area contributed by atoms with E-state index < -0.39 is 5.97 Å². The van der Waals surface area contributed by atoms with E-state index in [2.05, 4.69) is 5.32 Å². The molecular weight excluding hydrogens is 285 g/mol. The van der Waals surface area contributed by atoms with Crippen LogP contribution in [0.3, 0.4) is 0 Å². The highest BCUT2D eigenvalue weighted by atomic mass is 35.5. The summed E-state index contributed by atoms with van der Waals surface area (Å²) in [6, 6.07) is 12.2. The molecule has 5 heteroatoms. The number of hydrogen-bond donors (Lipinski definition) is 2. The third-order valence-corrected chi connectivity index (χ3v) is 3.19. The maximum absolute atomic E-state index is 11.0. The van der Waals surface area contributed by atoms with Crippen molar-refractivity contribution < 1.29 is 9.90 Å². The van der Waals surface area contributed by atoms with Crippen molar-refractivity contribution in [3.63, 3.8) is 0 Å². The fraction of sp³-hybridized carbons (Fsp3) is 0.0714. The van der Waals surface area contributed by atoms with Crippen LogP contribution in [0.25, 0.3) is 0 Å². The number of nitrogens with one attached hydrogen (secondary N) is 1. The van der Waals surface area contributed by atoms with Crippen molar-refractivity contribution in [1.82, 2.24) is 0 Å². The normalized spacial score (nSPS) is 10.2. The summed E-state index contributed by atoms with van der Waals surface area (Å²) in [7, 11) is 0. The number of carbonyl (C=O) groups is 1. The summed E-state index contributed by atoms with van der Waals surface area (Å²) >= 11 is 11.6. The Balaban J connectivity index is 2.09. The van der Waals surface area contributed by atoms with Crippen LogP contribution < -0.4 is 5.32 Å². The molecule has 0 aliphatic rings. The van der Waals surface area contributed by atoms with E-state index >= 15 is 0 Å². The van der Waals surface area contributed by atoms with Gasteiger partial charge in [0.15, 0.2) is 0 Å². The molecule has 19 heavy (non-hydrogen) atoms. The Morgan fingerprint density at radius 1 is 1.11 bits per heavy atom. The lowest BCUT2D eigenvalue weighted by Gasteiger charge is -2.08. The maximum atomic E-state index is 11.0. The van der Waals surface area contributed by atoms with Crippen molar-refractivity contribution in [2.24, 2.45) is 0 Å². The van der Waals surface area contributed by atoms with Crippen LogP contribution in [-0.2, 0) is 6.54 Å². The molecule has 0 saturated carbocycles. The van der Waals surface area contributed by atoms with Gasteiger partial charge in [0.05, 0.1) is 10.6 Å². The molecule has 2 aromatic carbocycles. The van der Waals surface area contributed by atoms with Crippen LogP contribution in [0.2, 0.25) is 10.0 Å². The summed E-state index contributed by atoms with van der Waals surface area (Å²) in [5.74, 6) is -1.04. The van der Waals surface area contributed by atoms with Gasteiger partial charge in [-0.2, -0.15) is 0 Å². The van der Waals surface area contributed by atoms with Crippen LogP contribution in [0.5, 0.6) is 0 Å². The van der Waals surface area contributed by atoms with E-state index in [-0.39, 0.29) is 10.6 Å². The van der Waals surface area contributed by atoms with Gasteiger partial charge in [-0.15, -0.1) is 0 Å². The number of carboxylic acids is 1. The number of rotatable bonds is 4. The Kier molecular flexibility index (Phi) is 4.30. The van der Waals surface area contributed by atoms with Crippen LogP contribution >= 0.6 is 23.2 Å². The third kappa shape index (κ3) is 3.63. The number of halogens is 2. The molecule has 0 fully saturated rings. The van der Waals surface area contributed by atoms with Gasteiger partial charge in [-0.1, -0.05) is 35.3 Å². The molecule has 0 aromatic heterocycles. The van der Waals surface area contributed by atoms with Crippen molar-refractivity contribution in [2.75, 3.05) is 5.32 Å². The Bertz CT molecular complexity index is 597. The van der Waals surface area contributed by atoms with Crippen molar-refractivity contribution in [1.29, 1.82) is 0 Å². The van der Waals surface area contributed by atoms with E-state index in [1.165, 1.54) is 6.07 Å². The van der Waals surface area contributed by atoms with Crippen LogP contribution in [0, 0.1) is 0 Å². The van der Waals surface area contributed by atoms with Crippen molar-refractivity contribution in [3.8, 4) is 0 Å². The molecule has 98 valence electrons. The van der Waals surface area contributed by atoms with Crippen molar-refractivity contribution >= 4 is 34.9 Å². The van der Waals surface area contributed by atoms with Gasteiger partial charge in [0.1, 0.15) is 0 Å². The summed E-state index contributed by atoms with van der Waals surface area (Å²) in [6.45, 7) is 0.581. The van der Waals surface area contributed by atoms with Crippen LogP contribution in [-0.4, -0.2) is 11.1 Å². The smallest absolute Gasteiger partial charge is 0.337 e. The number of benzene rings is 2. The second-order valence-corrected chi connectivity index (χ2v) is 4.82. The van der Waals surface area contributed by atoms with Gasteiger partial charge in [0.2, 0.25) is 0 Å². The van der Waals surface area contributed by atoms with Crippen LogP contribution in [0.15, 0.2) is 42.5 Å². The first-order chi connectivity index (χ1) is 9.06. The van der Waals surface area contributed by atoms with Gasteiger partial charge in [-0.05, 0) is 35.9 Å². The quantitative estimate of drug-likeness (QED) is 0.884. The van der Waals surface area contributed by atoms with Gasteiger partial charge in [0.25, 0.3) is 0 Å². The molecule has 0 heterocycles. The van der Waals surface area contributed by atoms with Crippen LogP contribution in [0.1, 0.15) is 15.9 Å². The van der Waals surface area contributed by atoms with E-state index in [1.807, 2.05) is 24.3 Å². The molecule has 0 bridgehead atoms. The molecular formula is C14H11Cl2NO2. The van der Waals surface area contributed by atoms with E-state index in [1.54, 1.807) is 12.1 Å². The predicted octanol–water partition coefficient (Wildman–Crippen LogP) is 4.30. The average molecular weight is 296 g/mol. The Morgan fingerprint density at radius 2 is 1.79 bits per heavy atom. The number of anilines is 1. The summed E-state index contributed by atoms with van der Waals surface area (Å²) in [6.07, 6.45) is 0. The van der Waals surface area contributed by atoms with Gasteiger partial charge >= 0.3 is 5.97 Å². The molecule has 0 saturated heterocycles. The summed E-state index contributed by atoms with van der Waals surface area (Å²) in [5, 5.41) is 13.0. The highest BCUT2D eigenvalue weighted by molar-refractivity contribution is 6.33. The van der Waals surface area contributed by atoms with E-state index in [0.29, 0.717) is 17.3 Å². The SMILES string of the molecule is O=C(O)c1cc(NCc2ccc(Cl)cc2)ccc1Cl. The first-order valence-electron chi connectivity index (χ1n) is 5.57. The molecule has 2 rings (SSSR count). The highest BCUT2D eigenvalue weighted by Gasteiger charge is 2.09. The zero-order chi connectivity index (χ0) is 13.8. The lowest BCUT2D eigenvalue weighted by molar-refractivity contribution is 0.0697. The molecule has 2 N–H and O–H groups in total. The molecule has 0 aliphatic carbocycles. The molecule has 0 aliphatic heterocycles. The second kappa shape index (κ2) is 5.95. The number of hydrogen-bond acceptors (Lipinski definition) is 2. The summed E-state index contributed by atoms with van der Waals surface area (Å²) in [4.78, 5) is 11.0. The van der Waals surface area contributed by atoms with E-state index in [9.17, 15) is 4.79 Å². The van der Waals surface area contributed by atoms with E-state index in [0.717, 1.165) is 5.56 Å². The molecule has 0 amide bonds. The van der Waals surface area contributed by atoms with Gasteiger partial charge in [-0.25, -0.2) is 4.79 Å². The Morgan fingerprint density at radius 3 is 2.42 bits per heavy atom. The highest BCUT2D eigenvalue weighted by Crippen LogP contribution is 2.21. The fourth-order valence-electron chi connectivity index (χ4n) is 1.61. The fourth-order valence-corrected chi connectivity index (χ4v) is 1.93. The lowest BCUT2D eigenvalue weighted by atomic mass is 10.2. The number of carboxylic acid groups (broad SMARTS) is 1. The summed E-state index contributed by atoms with van der Waals surface area (Å²) in [5.41, 5.74) is 1.84. The zero-order valence-corrected chi connectivity index (χ0v) is 11.4. The molecule has 0 atom stereocenters. The molecule has 2 aromatic rings. The van der Waals surface area contributed by atoms with Crippen molar-refractivity contribution in [2.45, 2.75) is 6.54 Å².